The van der Waals surface area contributed by atoms with Crippen LogP contribution in [0.5, 0.6) is 10.9 Å². The molecule has 1 aliphatic heterocycles. The Morgan fingerprint density at radius 1 is 1.17 bits per heavy atom. The minimum atomic E-state index is 0.0618. The highest BCUT2D eigenvalue weighted by Crippen LogP contribution is 2.33. The average Bonchev–Trinajstić information content (AvgIpc) is 3.09. The number of amides is 1. The van der Waals surface area contributed by atoms with Crippen LogP contribution in [0, 0.1) is 6.92 Å². The SMILES string of the molecule is CC(=O)N[C@H]1CC(C)N(Cc2ccc(Oc3nc4c(C)cccc4s3)cc2)[C@@H](C)C1. The summed E-state index contributed by atoms with van der Waals surface area (Å²) in [5.41, 5.74) is 3.44. The van der Waals surface area contributed by atoms with Gasteiger partial charge < -0.3 is 10.1 Å². The lowest BCUT2D eigenvalue weighted by atomic mass is 9.92. The number of likely N-dealkylation sites (tertiary alicyclic amines) is 1. The molecule has 1 N–H and O–H groups in total. The van der Waals surface area contributed by atoms with Crippen molar-refractivity contribution in [2.75, 3.05) is 0 Å². The molecule has 1 unspecified atom stereocenters. The van der Waals surface area contributed by atoms with Gasteiger partial charge in [0, 0.05) is 31.6 Å². The number of aromatic nitrogens is 1. The van der Waals surface area contributed by atoms with E-state index < -0.39 is 0 Å². The normalized spacial score (nSPS) is 22.2. The van der Waals surface area contributed by atoms with Crippen molar-refractivity contribution >= 4 is 27.5 Å². The first-order valence-electron chi connectivity index (χ1n) is 10.5. The molecule has 2 heterocycles. The van der Waals surface area contributed by atoms with Crippen LogP contribution in [-0.2, 0) is 11.3 Å². The standard InChI is InChI=1S/C24H29N3O2S/c1-15-6-5-7-22-23(15)26-24(30-22)29-21-10-8-19(9-11-21)14-27-16(2)12-20(13-17(27)3)25-18(4)28/h5-11,16-17,20H,12-14H2,1-4H3,(H,25,28)/t16-,17?,20+/m0/s1. The van der Waals surface area contributed by atoms with Crippen molar-refractivity contribution in [3.8, 4) is 10.9 Å². The molecule has 0 spiro atoms. The molecule has 0 bridgehead atoms. The van der Waals surface area contributed by atoms with Crippen LogP contribution in [0.1, 0.15) is 44.7 Å². The fourth-order valence-corrected chi connectivity index (χ4v) is 5.34. The lowest BCUT2D eigenvalue weighted by molar-refractivity contribution is -0.120. The summed E-state index contributed by atoms with van der Waals surface area (Å²) in [6, 6.07) is 15.6. The lowest BCUT2D eigenvalue weighted by Gasteiger charge is -2.42. The van der Waals surface area contributed by atoms with Crippen molar-refractivity contribution in [1.29, 1.82) is 0 Å². The van der Waals surface area contributed by atoms with Crippen molar-refractivity contribution < 1.29 is 9.53 Å². The minimum absolute atomic E-state index is 0.0618. The Morgan fingerprint density at radius 3 is 2.50 bits per heavy atom. The van der Waals surface area contributed by atoms with Crippen molar-refractivity contribution in [3.05, 3.63) is 53.6 Å². The Hall–Kier alpha value is -2.44. The summed E-state index contributed by atoms with van der Waals surface area (Å²) < 4.78 is 7.16. The second-order valence-corrected chi connectivity index (χ2v) is 9.38. The first kappa shape index (κ1) is 20.8. The van der Waals surface area contributed by atoms with Gasteiger partial charge in [0.15, 0.2) is 0 Å². The zero-order chi connectivity index (χ0) is 21.3. The molecule has 2 aromatic carbocycles. The van der Waals surface area contributed by atoms with E-state index in [4.69, 9.17) is 4.74 Å². The number of nitrogens with zero attached hydrogens (tertiary/aromatic N) is 2. The highest BCUT2D eigenvalue weighted by atomic mass is 32.1. The summed E-state index contributed by atoms with van der Waals surface area (Å²) in [5.74, 6) is 0.868. The zero-order valence-corrected chi connectivity index (χ0v) is 18.8. The Balaban J connectivity index is 1.39. The second-order valence-electron chi connectivity index (χ2n) is 8.39. The number of ether oxygens (including phenoxy) is 1. The lowest BCUT2D eigenvalue weighted by Crippen LogP contribution is -2.52. The third kappa shape index (κ3) is 4.65. The Labute approximate surface area is 182 Å². The molecule has 3 atom stereocenters. The average molecular weight is 424 g/mol. The number of hydrogen-bond acceptors (Lipinski definition) is 5. The molecule has 30 heavy (non-hydrogen) atoms. The van der Waals surface area contributed by atoms with Crippen LogP contribution in [0.4, 0.5) is 0 Å². The smallest absolute Gasteiger partial charge is 0.279 e. The number of para-hydroxylation sites is 1. The molecular weight excluding hydrogens is 394 g/mol. The molecule has 6 heteroatoms. The summed E-state index contributed by atoms with van der Waals surface area (Å²) in [4.78, 5) is 18.5. The van der Waals surface area contributed by atoms with E-state index in [0.29, 0.717) is 17.3 Å². The Morgan fingerprint density at radius 2 is 1.87 bits per heavy atom. The second kappa shape index (κ2) is 8.74. The van der Waals surface area contributed by atoms with E-state index in [1.165, 1.54) is 11.1 Å². The number of hydrogen-bond donors (Lipinski definition) is 1. The van der Waals surface area contributed by atoms with E-state index in [9.17, 15) is 4.79 Å². The largest absolute Gasteiger partial charge is 0.431 e. The number of carbonyl (C=O) groups excluding carboxylic acids is 1. The van der Waals surface area contributed by atoms with Gasteiger partial charge in [0.25, 0.3) is 5.19 Å². The van der Waals surface area contributed by atoms with Gasteiger partial charge in [-0.3, -0.25) is 9.69 Å². The maximum absolute atomic E-state index is 11.4. The van der Waals surface area contributed by atoms with Crippen molar-refractivity contribution in [2.24, 2.45) is 0 Å². The number of nitrogens with one attached hydrogen (secondary N) is 1. The van der Waals surface area contributed by atoms with E-state index >= 15 is 0 Å². The predicted molar refractivity (Wildman–Crippen MR) is 122 cm³/mol. The van der Waals surface area contributed by atoms with Gasteiger partial charge in [-0.25, -0.2) is 4.98 Å². The Kier molecular flexibility index (Phi) is 6.06. The van der Waals surface area contributed by atoms with E-state index in [-0.39, 0.29) is 11.9 Å². The first-order valence-corrected chi connectivity index (χ1v) is 11.4. The fourth-order valence-electron chi connectivity index (χ4n) is 4.43. The van der Waals surface area contributed by atoms with Gasteiger partial charge in [-0.05, 0) is 62.9 Å². The van der Waals surface area contributed by atoms with Gasteiger partial charge in [0.2, 0.25) is 5.91 Å². The minimum Gasteiger partial charge on any atom is -0.431 e. The monoisotopic (exact) mass is 423 g/mol. The summed E-state index contributed by atoms with van der Waals surface area (Å²) in [6.07, 6.45) is 1.98. The molecule has 1 saturated heterocycles. The third-order valence-corrected chi connectivity index (χ3v) is 6.78. The maximum Gasteiger partial charge on any atom is 0.279 e. The number of aryl methyl sites for hydroxylation is 1. The molecule has 3 aromatic rings. The number of rotatable bonds is 5. The number of thiazole rings is 1. The third-order valence-electron chi connectivity index (χ3n) is 5.89. The molecule has 158 valence electrons. The van der Waals surface area contributed by atoms with E-state index in [0.717, 1.165) is 35.4 Å². The topological polar surface area (TPSA) is 54.5 Å². The summed E-state index contributed by atoms with van der Waals surface area (Å²) >= 11 is 1.57. The molecule has 1 fully saturated rings. The van der Waals surface area contributed by atoms with Crippen molar-refractivity contribution in [2.45, 2.75) is 65.2 Å². The molecule has 0 radical (unpaired) electrons. The highest BCUT2D eigenvalue weighted by Gasteiger charge is 2.31. The maximum atomic E-state index is 11.4. The molecule has 1 aliphatic rings. The number of carbonyl (C=O) groups is 1. The quantitative estimate of drug-likeness (QED) is 0.607. The molecule has 0 saturated carbocycles. The van der Waals surface area contributed by atoms with Gasteiger partial charge in [0.05, 0.1) is 10.2 Å². The molecule has 4 rings (SSSR count). The predicted octanol–water partition coefficient (Wildman–Crippen LogP) is 5.27. The van der Waals surface area contributed by atoms with Gasteiger partial charge >= 0.3 is 0 Å². The zero-order valence-electron chi connectivity index (χ0n) is 18.0. The van der Waals surface area contributed by atoms with Crippen LogP contribution in [0.15, 0.2) is 42.5 Å². The summed E-state index contributed by atoms with van der Waals surface area (Å²) in [5, 5.41) is 3.76. The number of benzene rings is 2. The van der Waals surface area contributed by atoms with Crippen molar-refractivity contribution in [3.63, 3.8) is 0 Å². The number of piperidine rings is 1. The Bertz CT molecular complexity index is 1020. The first-order chi connectivity index (χ1) is 14.4. The van der Waals surface area contributed by atoms with Gasteiger partial charge in [0.1, 0.15) is 5.75 Å². The molecule has 0 aliphatic carbocycles. The van der Waals surface area contributed by atoms with E-state index in [2.05, 4.69) is 66.3 Å². The molecular formula is C24H29N3O2S. The summed E-state index contributed by atoms with van der Waals surface area (Å²) in [6.45, 7) is 9.06. The summed E-state index contributed by atoms with van der Waals surface area (Å²) in [7, 11) is 0. The van der Waals surface area contributed by atoms with Crippen LogP contribution < -0.4 is 10.1 Å². The van der Waals surface area contributed by atoms with Crippen LogP contribution in [0.2, 0.25) is 0 Å². The molecule has 5 nitrogen and oxygen atoms in total. The van der Waals surface area contributed by atoms with Gasteiger partial charge in [-0.2, -0.15) is 0 Å². The van der Waals surface area contributed by atoms with Gasteiger partial charge in [-0.1, -0.05) is 35.6 Å². The number of fused-ring (bicyclic) bond motifs is 1. The van der Waals surface area contributed by atoms with Crippen molar-refractivity contribution in [1.82, 2.24) is 15.2 Å². The van der Waals surface area contributed by atoms with Gasteiger partial charge in [-0.15, -0.1) is 0 Å². The fraction of sp³-hybridized carbons (Fsp3) is 0.417. The van der Waals surface area contributed by atoms with Crippen LogP contribution >= 0.6 is 11.3 Å². The van der Waals surface area contributed by atoms with E-state index in [1.807, 2.05) is 12.1 Å². The van der Waals surface area contributed by atoms with Crippen LogP contribution in [0.3, 0.4) is 0 Å². The van der Waals surface area contributed by atoms with Crippen LogP contribution in [0.25, 0.3) is 10.2 Å². The van der Waals surface area contributed by atoms with E-state index in [1.54, 1.807) is 18.3 Å². The molecule has 1 amide bonds. The highest BCUT2D eigenvalue weighted by molar-refractivity contribution is 7.20. The van der Waals surface area contributed by atoms with Crippen LogP contribution in [-0.4, -0.2) is 33.9 Å². The molecule has 1 aromatic heterocycles.